The standard InChI is InChI=1S/C13H13BrClF3O3/c14-9-6-12-11(20-3-4-21-12)5-8(9)10(15)1-2-19-7-13(16,17)18/h5-6,10H,1-4,7H2. The van der Waals surface area contributed by atoms with Gasteiger partial charge in [0.25, 0.3) is 0 Å². The van der Waals surface area contributed by atoms with Gasteiger partial charge < -0.3 is 14.2 Å². The molecule has 21 heavy (non-hydrogen) atoms. The Bertz CT molecular complexity index is 496. The van der Waals surface area contributed by atoms with Crippen molar-refractivity contribution >= 4 is 27.5 Å². The first-order chi connectivity index (χ1) is 9.87. The molecule has 0 radical (unpaired) electrons. The molecule has 1 aliphatic heterocycles. The second-order valence-corrected chi connectivity index (χ2v) is 5.82. The molecule has 0 spiro atoms. The first-order valence-corrected chi connectivity index (χ1v) is 7.47. The van der Waals surface area contributed by atoms with Gasteiger partial charge in [0.15, 0.2) is 11.5 Å². The maximum Gasteiger partial charge on any atom is 0.411 e. The Labute approximate surface area is 133 Å². The van der Waals surface area contributed by atoms with Crippen LogP contribution in [-0.2, 0) is 4.74 Å². The molecule has 0 aromatic heterocycles. The van der Waals surface area contributed by atoms with Crippen molar-refractivity contribution in [3.05, 3.63) is 22.2 Å². The van der Waals surface area contributed by atoms with Crippen LogP contribution in [0.1, 0.15) is 17.4 Å². The van der Waals surface area contributed by atoms with Gasteiger partial charge in [0, 0.05) is 11.1 Å². The quantitative estimate of drug-likeness (QED) is 0.549. The van der Waals surface area contributed by atoms with Crippen molar-refractivity contribution in [3.63, 3.8) is 0 Å². The Kier molecular flexibility index (Phi) is 5.62. The lowest BCUT2D eigenvalue weighted by Crippen LogP contribution is -2.18. The zero-order chi connectivity index (χ0) is 15.5. The summed E-state index contributed by atoms with van der Waals surface area (Å²) in [7, 11) is 0. The van der Waals surface area contributed by atoms with E-state index in [4.69, 9.17) is 21.1 Å². The molecular weight excluding hydrogens is 376 g/mol. The van der Waals surface area contributed by atoms with Gasteiger partial charge >= 0.3 is 6.18 Å². The molecule has 0 fully saturated rings. The lowest BCUT2D eigenvalue weighted by atomic mass is 10.1. The molecule has 118 valence electrons. The summed E-state index contributed by atoms with van der Waals surface area (Å²) in [5, 5.41) is -0.483. The monoisotopic (exact) mass is 388 g/mol. The van der Waals surface area contributed by atoms with E-state index in [0.29, 0.717) is 24.7 Å². The van der Waals surface area contributed by atoms with Gasteiger partial charge in [-0.2, -0.15) is 13.2 Å². The summed E-state index contributed by atoms with van der Waals surface area (Å²) in [6, 6.07) is 3.48. The molecule has 1 heterocycles. The number of benzene rings is 1. The number of alkyl halides is 4. The smallest absolute Gasteiger partial charge is 0.411 e. The van der Waals surface area contributed by atoms with Gasteiger partial charge in [-0.1, -0.05) is 15.9 Å². The number of ether oxygens (including phenoxy) is 3. The minimum absolute atomic E-state index is 0.0748. The summed E-state index contributed by atoms with van der Waals surface area (Å²) in [5.41, 5.74) is 0.733. The highest BCUT2D eigenvalue weighted by molar-refractivity contribution is 9.10. The van der Waals surface area contributed by atoms with Crippen LogP contribution in [0.2, 0.25) is 0 Å². The van der Waals surface area contributed by atoms with Gasteiger partial charge in [-0.3, -0.25) is 0 Å². The zero-order valence-corrected chi connectivity index (χ0v) is 13.2. The minimum Gasteiger partial charge on any atom is -0.486 e. The van der Waals surface area contributed by atoms with Crippen LogP contribution in [0.3, 0.4) is 0 Å². The average Bonchev–Trinajstić information content (AvgIpc) is 2.41. The molecule has 1 aromatic carbocycles. The Balaban J connectivity index is 1.94. The first kappa shape index (κ1) is 16.7. The fourth-order valence-corrected chi connectivity index (χ4v) is 2.85. The summed E-state index contributed by atoms with van der Waals surface area (Å²) in [5.74, 6) is 1.20. The van der Waals surface area contributed by atoms with Gasteiger partial charge in [0.1, 0.15) is 19.8 Å². The highest BCUT2D eigenvalue weighted by Gasteiger charge is 2.27. The van der Waals surface area contributed by atoms with Crippen molar-refractivity contribution < 1.29 is 27.4 Å². The van der Waals surface area contributed by atoms with Crippen LogP contribution in [0.4, 0.5) is 13.2 Å². The highest BCUT2D eigenvalue weighted by Crippen LogP contribution is 2.40. The summed E-state index contributed by atoms with van der Waals surface area (Å²) < 4.78 is 52.0. The molecule has 1 atom stereocenters. The summed E-state index contributed by atoms with van der Waals surface area (Å²) in [6.07, 6.45) is -4.06. The molecule has 0 amide bonds. The highest BCUT2D eigenvalue weighted by atomic mass is 79.9. The molecule has 0 aliphatic carbocycles. The van der Waals surface area contributed by atoms with Crippen LogP contribution >= 0.6 is 27.5 Å². The second-order valence-electron chi connectivity index (χ2n) is 4.44. The van der Waals surface area contributed by atoms with Crippen LogP contribution in [-0.4, -0.2) is 32.6 Å². The molecule has 2 rings (SSSR count). The third-order valence-corrected chi connectivity index (χ3v) is 3.92. The third kappa shape index (κ3) is 4.93. The lowest BCUT2D eigenvalue weighted by molar-refractivity contribution is -0.174. The molecule has 0 saturated heterocycles. The molecule has 1 aromatic rings. The summed E-state index contributed by atoms with van der Waals surface area (Å²) >= 11 is 9.59. The molecule has 1 unspecified atom stereocenters. The average molecular weight is 390 g/mol. The van der Waals surface area contributed by atoms with Crippen LogP contribution < -0.4 is 9.47 Å². The van der Waals surface area contributed by atoms with Crippen LogP contribution in [0.25, 0.3) is 0 Å². The molecule has 8 heteroatoms. The maximum atomic E-state index is 12.0. The van der Waals surface area contributed by atoms with Crippen LogP contribution in [0.15, 0.2) is 16.6 Å². The Morgan fingerprint density at radius 3 is 2.48 bits per heavy atom. The predicted molar refractivity (Wildman–Crippen MR) is 75.2 cm³/mol. The molecule has 0 bridgehead atoms. The van der Waals surface area contributed by atoms with E-state index in [1.807, 2.05) is 0 Å². The molecule has 3 nitrogen and oxygen atoms in total. The van der Waals surface area contributed by atoms with Crippen LogP contribution in [0, 0.1) is 0 Å². The number of rotatable bonds is 5. The van der Waals surface area contributed by atoms with Crippen molar-refractivity contribution in [3.8, 4) is 11.5 Å². The predicted octanol–water partition coefficient (Wildman–Crippen LogP) is 4.47. The van der Waals surface area contributed by atoms with E-state index in [1.54, 1.807) is 12.1 Å². The van der Waals surface area contributed by atoms with E-state index >= 15 is 0 Å². The Morgan fingerprint density at radius 1 is 1.24 bits per heavy atom. The maximum absolute atomic E-state index is 12.0. The van der Waals surface area contributed by atoms with Crippen molar-refractivity contribution in [2.75, 3.05) is 26.4 Å². The van der Waals surface area contributed by atoms with Crippen molar-refractivity contribution in [2.24, 2.45) is 0 Å². The van der Waals surface area contributed by atoms with Gasteiger partial charge in [-0.25, -0.2) is 0 Å². The van der Waals surface area contributed by atoms with Crippen LogP contribution in [0.5, 0.6) is 11.5 Å². The second kappa shape index (κ2) is 7.07. The van der Waals surface area contributed by atoms with E-state index < -0.39 is 18.2 Å². The number of hydrogen-bond acceptors (Lipinski definition) is 3. The minimum atomic E-state index is -4.32. The summed E-state index contributed by atoms with van der Waals surface area (Å²) in [4.78, 5) is 0. The topological polar surface area (TPSA) is 27.7 Å². The zero-order valence-electron chi connectivity index (χ0n) is 10.9. The van der Waals surface area contributed by atoms with Gasteiger partial charge in [0.05, 0.1) is 5.38 Å². The van der Waals surface area contributed by atoms with E-state index in [2.05, 4.69) is 20.7 Å². The van der Waals surface area contributed by atoms with E-state index in [-0.39, 0.29) is 13.0 Å². The van der Waals surface area contributed by atoms with Crippen molar-refractivity contribution in [1.82, 2.24) is 0 Å². The largest absolute Gasteiger partial charge is 0.486 e. The molecule has 0 saturated carbocycles. The van der Waals surface area contributed by atoms with E-state index in [1.165, 1.54) is 0 Å². The number of fused-ring (bicyclic) bond motifs is 1. The summed E-state index contributed by atoms with van der Waals surface area (Å²) in [6.45, 7) is -0.405. The van der Waals surface area contributed by atoms with Crippen molar-refractivity contribution in [1.29, 1.82) is 0 Å². The number of halogens is 5. The molecule has 0 N–H and O–H groups in total. The molecule has 1 aliphatic rings. The van der Waals surface area contributed by atoms with Gasteiger partial charge in [0.2, 0.25) is 0 Å². The Hall–Kier alpha value is -0.660. The lowest BCUT2D eigenvalue weighted by Gasteiger charge is -2.21. The fraction of sp³-hybridized carbons (Fsp3) is 0.538. The fourth-order valence-electron chi connectivity index (χ4n) is 1.85. The SMILES string of the molecule is FC(F)(F)COCCC(Cl)c1cc2c(cc1Br)OCCO2. The van der Waals surface area contributed by atoms with Gasteiger partial charge in [-0.15, -0.1) is 11.6 Å². The molecular formula is C13H13BrClF3O3. The van der Waals surface area contributed by atoms with Crippen molar-refractivity contribution in [2.45, 2.75) is 18.0 Å². The number of hydrogen-bond donors (Lipinski definition) is 0. The van der Waals surface area contributed by atoms with E-state index in [9.17, 15) is 13.2 Å². The van der Waals surface area contributed by atoms with E-state index in [0.717, 1.165) is 10.0 Å². The third-order valence-electron chi connectivity index (χ3n) is 2.78. The normalized spacial score (nSPS) is 15.9. The van der Waals surface area contributed by atoms with Gasteiger partial charge in [-0.05, 0) is 24.1 Å². The first-order valence-electron chi connectivity index (χ1n) is 6.24. The Morgan fingerprint density at radius 2 is 1.86 bits per heavy atom.